The minimum Gasteiger partial charge on any atom is -0.383 e. The normalized spacial score (nSPS) is 12.8. The van der Waals surface area contributed by atoms with Gasteiger partial charge in [-0.2, -0.15) is 0 Å². The average Bonchev–Trinajstić information content (AvgIpc) is 2.89. The summed E-state index contributed by atoms with van der Waals surface area (Å²) in [5.74, 6) is -0.00796. The lowest BCUT2D eigenvalue weighted by molar-refractivity contribution is 0.0899. The zero-order valence-electron chi connectivity index (χ0n) is 9.94. The van der Waals surface area contributed by atoms with Gasteiger partial charge < -0.3 is 10.1 Å². The molecule has 0 bridgehead atoms. The maximum Gasteiger partial charge on any atom is 0.261 e. The first-order valence-electron chi connectivity index (χ1n) is 5.57. The summed E-state index contributed by atoms with van der Waals surface area (Å²) in [6.07, 6.45) is 0.860. The van der Waals surface area contributed by atoms with E-state index >= 15 is 0 Å². The number of methoxy groups -OCH3 is 1. The second kappa shape index (κ2) is 6.65. The lowest BCUT2D eigenvalue weighted by Gasteiger charge is -2.16. The van der Waals surface area contributed by atoms with Crippen LogP contribution in [0.5, 0.6) is 0 Å². The molecule has 0 saturated heterocycles. The first-order chi connectivity index (χ1) is 8.74. The Balaban J connectivity index is 2.03. The summed E-state index contributed by atoms with van der Waals surface area (Å²) < 4.78 is 7.46. The average molecular weight is 348 g/mol. The molecule has 2 heterocycles. The van der Waals surface area contributed by atoms with E-state index in [1.54, 1.807) is 18.4 Å². The summed E-state index contributed by atoms with van der Waals surface area (Å²) in [6.45, 7) is 0.539. The van der Waals surface area contributed by atoms with Crippen LogP contribution < -0.4 is 5.32 Å². The van der Waals surface area contributed by atoms with Crippen molar-refractivity contribution >= 4 is 53.9 Å². The van der Waals surface area contributed by atoms with E-state index in [-0.39, 0.29) is 11.9 Å². The summed E-state index contributed by atoms with van der Waals surface area (Å²) in [7, 11) is 1.65. The van der Waals surface area contributed by atoms with Crippen LogP contribution in [0.1, 0.15) is 16.1 Å². The van der Waals surface area contributed by atoms with Gasteiger partial charge in [-0.05, 0) is 23.9 Å². The van der Waals surface area contributed by atoms with Crippen LogP contribution in [0.4, 0.5) is 0 Å². The number of carbonyl (C=O) groups excluding carboxylic acids is 1. The molecule has 98 valence electrons. The quantitative estimate of drug-likeness (QED) is 0.812. The van der Waals surface area contributed by atoms with Gasteiger partial charge in [-0.3, -0.25) is 4.79 Å². The van der Waals surface area contributed by atoms with E-state index in [0.717, 1.165) is 16.6 Å². The maximum atomic E-state index is 12.1. The third kappa shape index (κ3) is 3.32. The van der Waals surface area contributed by atoms with Crippen molar-refractivity contribution in [2.45, 2.75) is 12.5 Å². The monoisotopic (exact) mass is 347 g/mol. The molecule has 0 radical (unpaired) electrons. The Morgan fingerprint density at radius 2 is 2.39 bits per heavy atom. The third-order valence-corrected chi connectivity index (χ3v) is 5.07. The Bertz CT molecular complexity index is 488. The van der Waals surface area contributed by atoms with Gasteiger partial charge in [0, 0.05) is 21.8 Å². The number of halogens is 1. The number of hydrogen-bond acceptors (Lipinski definition) is 4. The first kappa shape index (κ1) is 14.0. The Kier molecular flexibility index (Phi) is 5.17. The van der Waals surface area contributed by atoms with Crippen molar-refractivity contribution in [2.24, 2.45) is 0 Å². The molecule has 0 fully saturated rings. The fourth-order valence-electron chi connectivity index (χ4n) is 1.66. The number of nitrogens with one attached hydrogen (secondary N) is 1. The zero-order chi connectivity index (χ0) is 13.0. The minimum atomic E-state index is -0.00796. The SMILES string of the molecule is COCC(CCBr)NC(=O)c1cc2sccc2s1. The molecule has 3 nitrogen and oxygen atoms in total. The molecule has 6 heteroatoms. The van der Waals surface area contributed by atoms with Crippen LogP contribution >= 0.6 is 38.6 Å². The maximum absolute atomic E-state index is 12.1. The van der Waals surface area contributed by atoms with Gasteiger partial charge in [0.1, 0.15) is 0 Å². The fourth-order valence-corrected chi connectivity index (χ4v) is 4.23. The van der Waals surface area contributed by atoms with Gasteiger partial charge in [0.2, 0.25) is 0 Å². The molecule has 0 aliphatic carbocycles. The van der Waals surface area contributed by atoms with E-state index in [4.69, 9.17) is 4.74 Å². The molecule has 0 spiro atoms. The van der Waals surface area contributed by atoms with E-state index in [1.165, 1.54) is 20.7 Å². The molecule has 1 amide bonds. The number of rotatable bonds is 6. The van der Waals surface area contributed by atoms with Crippen molar-refractivity contribution in [3.05, 3.63) is 22.4 Å². The first-order valence-corrected chi connectivity index (χ1v) is 8.39. The third-order valence-electron chi connectivity index (χ3n) is 2.52. The molecule has 1 unspecified atom stereocenters. The van der Waals surface area contributed by atoms with Crippen LogP contribution in [0.2, 0.25) is 0 Å². The van der Waals surface area contributed by atoms with Crippen molar-refractivity contribution < 1.29 is 9.53 Å². The second-order valence-electron chi connectivity index (χ2n) is 3.86. The highest BCUT2D eigenvalue weighted by Gasteiger charge is 2.15. The Hall–Kier alpha value is -0.430. The molecule has 1 atom stereocenters. The van der Waals surface area contributed by atoms with Crippen molar-refractivity contribution in [3.63, 3.8) is 0 Å². The van der Waals surface area contributed by atoms with E-state index in [2.05, 4.69) is 21.2 Å². The van der Waals surface area contributed by atoms with Gasteiger partial charge >= 0.3 is 0 Å². The molecule has 1 N–H and O–H groups in total. The molecule has 2 aromatic rings. The summed E-state index contributed by atoms with van der Waals surface area (Å²) in [5, 5.41) is 5.90. The predicted molar refractivity (Wildman–Crippen MR) is 81.2 cm³/mol. The lowest BCUT2D eigenvalue weighted by Crippen LogP contribution is -2.37. The van der Waals surface area contributed by atoms with Crippen LogP contribution in [0.15, 0.2) is 17.5 Å². The molecule has 2 rings (SSSR count). The molecule has 0 aromatic carbocycles. The summed E-state index contributed by atoms with van der Waals surface area (Å²) in [5.41, 5.74) is 0. The van der Waals surface area contributed by atoms with Crippen LogP contribution in [-0.2, 0) is 4.74 Å². The second-order valence-corrected chi connectivity index (χ2v) is 6.69. The van der Waals surface area contributed by atoms with Crippen molar-refractivity contribution in [2.75, 3.05) is 19.0 Å². The summed E-state index contributed by atoms with van der Waals surface area (Å²) in [4.78, 5) is 12.9. The minimum absolute atomic E-state index is 0.00796. The van der Waals surface area contributed by atoms with E-state index in [1.807, 2.05) is 17.5 Å². The Morgan fingerprint density at radius 3 is 3.06 bits per heavy atom. The highest BCUT2D eigenvalue weighted by molar-refractivity contribution is 9.09. The number of ether oxygens (including phenoxy) is 1. The number of thiophene rings is 2. The largest absolute Gasteiger partial charge is 0.383 e. The van der Waals surface area contributed by atoms with Crippen molar-refractivity contribution in [1.29, 1.82) is 0 Å². The van der Waals surface area contributed by atoms with Crippen molar-refractivity contribution in [3.8, 4) is 0 Å². The van der Waals surface area contributed by atoms with Crippen LogP contribution in [0, 0.1) is 0 Å². The molecule has 2 aromatic heterocycles. The standard InChI is InChI=1S/C12H14BrNO2S2/c1-16-7-8(2-4-13)14-12(15)11-6-10-9(18-11)3-5-17-10/h3,5-6,8H,2,4,7H2,1H3,(H,14,15). The molecular weight excluding hydrogens is 334 g/mol. The highest BCUT2D eigenvalue weighted by atomic mass is 79.9. The van der Waals surface area contributed by atoms with Gasteiger partial charge in [-0.15, -0.1) is 22.7 Å². The summed E-state index contributed by atoms with van der Waals surface area (Å²) >= 11 is 6.58. The van der Waals surface area contributed by atoms with Gasteiger partial charge in [-0.25, -0.2) is 0 Å². The Morgan fingerprint density at radius 1 is 1.56 bits per heavy atom. The predicted octanol–water partition coefficient (Wildman–Crippen LogP) is 3.49. The van der Waals surface area contributed by atoms with Crippen molar-refractivity contribution in [1.82, 2.24) is 5.32 Å². The van der Waals surface area contributed by atoms with Gasteiger partial charge in [-0.1, -0.05) is 15.9 Å². The smallest absolute Gasteiger partial charge is 0.261 e. The number of amides is 1. The van der Waals surface area contributed by atoms with E-state index < -0.39 is 0 Å². The number of hydrogen-bond donors (Lipinski definition) is 1. The van der Waals surface area contributed by atoms with Crippen LogP contribution in [0.3, 0.4) is 0 Å². The lowest BCUT2D eigenvalue weighted by atomic mass is 10.2. The van der Waals surface area contributed by atoms with E-state index in [9.17, 15) is 4.79 Å². The van der Waals surface area contributed by atoms with Gasteiger partial charge in [0.25, 0.3) is 5.91 Å². The topological polar surface area (TPSA) is 38.3 Å². The number of carbonyl (C=O) groups is 1. The molecule has 18 heavy (non-hydrogen) atoms. The molecular formula is C12H14BrNO2S2. The molecule has 0 aliphatic heterocycles. The van der Waals surface area contributed by atoms with Crippen LogP contribution in [0.25, 0.3) is 9.40 Å². The van der Waals surface area contributed by atoms with Crippen LogP contribution in [-0.4, -0.2) is 31.0 Å². The summed E-state index contributed by atoms with van der Waals surface area (Å²) in [6, 6.07) is 4.06. The van der Waals surface area contributed by atoms with E-state index in [0.29, 0.717) is 6.61 Å². The molecule has 0 saturated carbocycles. The fraction of sp³-hybridized carbons (Fsp3) is 0.417. The van der Waals surface area contributed by atoms with Gasteiger partial charge in [0.05, 0.1) is 17.5 Å². The highest BCUT2D eigenvalue weighted by Crippen LogP contribution is 2.29. The molecule has 0 aliphatic rings. The number of alkyl halides is 1. The van der Waals surface area contributed by atoms with Gasteiger partial charge in [0.15, 0.2) is 0 Å². The number of fused-ring (bicyclic) bond motifs is 1. The Labute approximate surface area is 122 Å². The zero-order valence-corrected chi connectivity index (χ0v) is 13.2.